The number of amides is 2. The van der Waals surface area contributed by atoms with Crippen LogP contribution in [0.15, 0.2) is 29.1 Å². The zero-order chi connectivity index (χ0) is 18.6. The smallest absolute Gasteiger partial charge is 0.398 e. The SMILES string of the molecule is CCOC(=O)C(=O)NNC(=O)c1c(O)c2ccccc2n(CC)c1=O. The fraction of sp³-hybridized carbons (Fsp3) is 0.250. The highest BCUT2D eigenvalue weighted by Crippen LogP contribution is 2.25. The molecule has 0 fully saturated rings. The first kappa shape index (κ1) is 18.0. The molecule has 9 nitrogen and oxygen atoms in total. The molecular weight excluding hydrogens is 330 g/mol. The molecular formula is C16H17N3O6. The zero-order valence-corrected chi connectivity index (χ0v) is 13.7. The minimum absolute atomic E-state index is 0.00707. The lowest BCUT2D eigenvalue weighted by Gasteiger charge is -2.13. The Hall–Kier alpha value is -3.36. The number of aromatic hydroxyl groups is 1. The largest absolute Gasteiger partial charge is 0.506 e. The zero-order valence-electron chi connectivity index (χ0n) is 13.7. The van der Waals surface area contributed by atoms with Crippen LogP contribution in [0.4, 0.5) is 0 Å². The topological polar surface area (TPSA) is 127 Å². The summed E-state index contributed by atoms with van der Waals surface area (Å²) < 4.78 is 5.78. The number of ether oxygens (including phenoxy) is 1. The minimum Gasteiger partial charge on any atom is -0.506 e. The molecule has 0 saturated carbocycles. The van der Waals surface area contributed by atoms with Gasteiger partial charge in [0.1, 0.15) is 11.3 Å². The van der Waals surface area contributed by atoms with Gasteiger partial charge in [0.25, 0.3) is 11.5 Å². The number of carbonyl (C=O) groups excluding carboxylic acids is 3. The average Bonchev–Trinajstić information content (AvgIpc) is 2.60. The first-order valence-corrected chi connectivity index (χ1v) is 7.54. The number of para-hydroxylation sites is 1. The van der Waals surface area contributed by atoms with Gasteiger partial charge in [0.05, 0.1) is 12.1 Å². The summed E-state index contributed by atoms with van der Waals surface area (Å²) >= 11 is 0. The lowest BCUT2D eigenvalue weighted by Crippen LogP contribution is -2.47. The van der Waals surface area contributed by atoms with Crippen LogP contribution in [0, 0.1) is 0 Å². The van der Waals surface area contributed by atoms with Crippen molar-refractivity contribution in [3.05, 3.63) is 40.2 Å². The summed E-state index contributed by atoms with van der Waals surface area (Å²) in [6.45, 7) is 3.50. The summed E-state index contributed by atoms with van der Waals surface area (Å²) in [5, 5.41) is 10.6. The molecule has 0 radical (unpaired) electrons. The highest BCUT2D eigenvalue weighted by Gasteiger charge is 2.23. The van der Waals surface area contributed by atoms with E-state index in [1.807, 2.05) is 10.9 Å². The van der Waals surface area contributed by atoms with Crippen molar-refractivity contribution in [2.45, 2.75) is 20.4 Å². The van der Waals surface area contributed by atoms with E-state index in [9.17, 15) is 24.3 Å². The Bertz CT molecular complexity index is 903. The van der Waals surface area contributed by atoms with Crippen molar-refractivity contribution in [1.29, 1.82) is 0 Å². The normalized spacial score (nSPS) is 10.3. The lowest BCUT2D eigenvalue weighted by molar-refractivity contribution is -0.154. The van der Waals surface area contributed by atoms with Crippen molar-refractivity contribution >= 4 is 28.7 Å². The van der Waals surface area contributed by atoms with Crippen molar-refractivity contribution < 1.29 is 24.2 Å². The van der Waals surface area contributed by atoms with Crippen molar-refractivity contribution in [1.82, 2.24) is 15.4 Å². The second-order valence-corrected chi connectivity index (χ2v) is 4.92. The van der Waals surface area contributed by atoms with Crippen LogP contribution in [0.5, 0.6) is 5.75 Å². The van der Waals surface area contributed by atoms with Gasteiger partial charge in [-0.15, -0.1) is 0 Å². The number of nitrogens with one attached hydrogen (secondary N) is 2. The van der Waals surface area contributed by atoms with Gasteiger partial charge in [0.2, 0.25) is 0 Å². The Kier molecular flexibility index (Phi) is 5.38. The molecule has 0 atom stereocenters. The molecule has 0 spiro atoms. The molecule has 9 heteroatoms. The molecule has 0 saturated heterocycles. The third-order valence-corrected chi connectivity index (χ3v) is 3.44. The Morgan fingerprint density at radius 2 is 1.84 bits per heavy atom. The van der Waals surface area contributed by atoms with E-state index in [-0.39, 0.29) is 13.2 Å². The average molecular weight is 347 g/mol. The predicted molar refractivity (Wildman–Crippen MR) is 87.8 cm³/mol. The number of nitrogens with zero attached hydrogens (tertiary/aromatic N) is 1. The maximum Gasteiger partial charge on any atom is 0.398 e. The second-order valence-electron chi connectivity index (χ2n) is 4.92. The number of hydrogen-bond donors (Lipinski definition) is 3. The molecule has 132 valence electrons. The van der Waals surface area contributed by atoms with E-state index in [4.69, 9.17) is 0 Å². The van der Waals surface area contributed by atoms with Gasteiger partial charge in [-0.3, -0.25) is 25.2 Å². The van der Waals surface area contributed by atoms with Crippen LogP contribution in [-0.2, 0) is 20.9 Å². The van der Waals surface area contributed by atoms with Crippen LogP contribution >= 0.6 is 0 Å². The van der Waals surface area contributed by atoms with Crippen molar-refractivity contribution in [3.8, 4) is 5.75 Å². The van der Waals surface area contributed by atoms with E-state index in [1.165, 1.54) is 11.5 Å². The number of hydrazine groups is 1. The quantitative estimate of drug-likeness (QED) is 0.409. The number of carbonyl (C=O) groups is 3. The molecule has 0 unspecified atom stereocenters. The van der Waals surface area contributed by atoms with Crippen LogP contribution in [0.3, 0.4) is 0 Å². The van der Waals surface area contributed by atoms with Crippen molar-refractivity contribution in [3.63, 3.8) is 0 Å². The van der Waals surface area contributed by atoms with Crippen molar-refractivity contribution in [2.24, 2.45) is 0 Å². The highest BCUT2D eigenvalue weighted by molar-refractivity contribution is 6.32. The summed E-state index contributed by atoms with van der Waals surface area (Å²) in [6.07, 6.45) is 0. The Labute approximate surface area is 142 Å². The van der Waals surface area contributed by atoms with Gasteiger partial charge in [-0.05, 0) is 26.0 Å². The first-order valence-electron chi connectivity index (χ1n) is 7.54. The third kappa shape index (κ3) is 3.44. The number of rotatable bonds is 3. The molecule has 3 N–H and O–H groups in total. The summed E-state index contributed by atoms with van der Waals surface area (Å²) in [5.74, 6) is -3.94. The number of aryl methyl sites for hydroxylation is 1. The number of esters is 1. The van der Waals surface area contributed by atoms with E-state index in [0.29, 0.717) is 10.9 Å². The van der Waals surface area contributed by atoms with Gasteiger partial charge in [-0.2, -0.15) is 0 Å². The Morgan fingerprint density at radius 3 is 2.48 bits per heavy atom. The molecule has 2 amide bonds. The minimum atomic E-state index is -1.20. The second kappa shape index (κ2) is 7.47. The van der Waals surface area contributed by atoms with Gasteiger partial charge in [-0.25, -0.2) is 4.79 Å². The van der Waals surface area contributed by atoms with E-state index in [0.717, 1.165) is 0 Å². The molecule has 0 aliphatic carbocycles. The van der Waals surface area contributed by atoms with Crippen LogP contribution in [0.2, 0.25) is 0 Å². The van der Waals surface area contributed by atoms with Crippen LogP contribution in [0.25, 0.3) is 10.9 Å². The van der Waals surface area contributed by atoms with E-state index >= 15 is 0 Å². The monoisotopic (exact) mass is 347 g/mol. The molecule has 1 aromatic carbocycles. The number of pyridine rings is 1. The van der Waals surface area contributed by atoms with Gasteiger partial charge >= 0.3 is 11.9 Å². The van der Waals surface area contributed by atoms with Gasteiger partial charge < -0.3 is 14.4 Å². The van der Waals surface area contributed by atoms with Gasteiger partial charge in [-0.1, -0.05) is 12.1 Å². The maximum absolute atomic E-state index is 12.5. The number of aromatic nitrogens is 1. The predicted octanol–water partition coefficient (Wildman–Crippen LogP) is 0.0511. The van der Waals surface area contributed by atoms with Crippen LogP contribution in [-0.4, -0.2) is 34.1 Å². The van der Waals surface area contributed by atoms with E-state index in [2.05, 4.69) is 4.74 Å². The summed E-state index contributed by atoms with van der Waals surface area (Å²) in [5.41, 5.74) is 2.97. The fourth-order valence-electron chi connectivity index (χ4n) is 2.33. The van der Waals surface area contributed by atoms with Crippen LogP contribution in [0.1, 0.15) is 24.2 Å². The number of benzene rings is 1. The molecule has 2 rings (SSSR count). The van der Waals surface area contributed by atoms with Gasteiger partial charge in [0.15, 0.2) is 0 Å². The fourth-order valence-corrected chi connectivity index (χ4v) is 2.33. The summed E-state index contributed by atoms with van der Waals surface area (Å²) in [7, 11) is 0. The third-order valence-electron chi connectivity index (χ3n) is 3.44. The maximum atomic E-state index is 12.5. The standard InChI is InChI=1S/C16H17N3O6/c1-3-19-10-8-6-5-7-9(10)12(20)11(15(19)23)13(21)17-18-14(22)16(24)25-4-2/h5-8,20H,3-4H2,1-2H3,(H,17,21)(H,18,22). The highest BCUT2D eigenvalue weighted by atomic mass is 16.5. The summed E-state index contributed by atoms with van der Waals surface area (Å²) in [6, 6.07) is 6.55. The first-order chi connectivity index (χ1) is 11.9. The van der Waals surface area contributed by atoms with Gasteiger partial charge in [0, 0.05) is 11.9 Å². The Morgan fingerprint density at radius 1 is 1.16 bits per heavy atom. The molecule has 25 heavy (non-hydrogen) atoms. The molecule has 2 aromatic rings. The number of fused-ring (bicyclic) bond motifs is 1. The van der Waals surface area contributed by atoms with E-state index < -0.39 is 34.7 Å². The van der Waals surface area contributed by atoms with Crippen LogP contribution < -0.4 is 16.4 Å². The molecule has 1 heterocycles. The molecule has 0 bridgehead atoms. The Balaban J connectivity index is 2.37. The lowest BCUT2D eigenvalue weighted by atomic mass is 10.1. The summed E-state index contributed by atoms with van der Waals surface area (Å²) in [4.78, 5) is 47.4. The molecule has 1 aromatic heterocycles. The van der Waals surface area contributed by atoms with E-state index in [1.54, 1.807) is 31.2 Å². The molecule has 0 aliphatic rings. The van der Waals surface area contributed by atoms with Crippen molar-refractivity contribution in [2.75, 3.05) is 6.61 Å². The molecule has 0 aliphatic heterocycles. The number of hydrogen-bond acceptors (Lipinski definition) is 6.